The van der Waals surface area contributed by atoms with E-state index < -0.39 is 0 Å². The minimum absolute atomic E-state index is 0.134. The van der Waals surface area contributed by atoms with Crippen molar-refractivity contribution < 1.29 is 4.79 Å². The van der Waals surface area contributed by atoms with E-state index >= 15 is 0 Å². The lowest BCUT2D eigenvalue weighted by Gasteiger charge is -2.24. The smallest absolute Gasteiger partial charge is 0.253 e. The standard InChI is InChI=1S/C14H19N3O/c1-4-14(2,3)17-13(18)12-7-9-16-10-11(12)6-5-8-15/h7,9-10H,4,8,15H2,1-3H3,(H,17,18). The fourth-order valence-corrected chi connectivity index (χ4v) is 1.30. The molecule has 0 bridgehead atoms. The average Bonchev–Trinajstić information content (AvgIpc) is 2.36. The van der Waals surface area contributed by atoms with Crippen LogP contribution in [0.15, 0.2) is 18.5 Å². The van der Waals surface area contributed by atoms with E-state index in [-0.39, 0.29) is 18.0 Å². The topological polar surface area (TPSA) is 68.0 Å². The summed E-state index contributed by atoms with van der Waals surface area (Å²) in [6.45, 7) is 6.26. The van der Waals surface area contributed by atoms with Gasteiger partial charge in [-0.05, 0) is 26.3 Å². The van der Waals surface area contributed by atoms with Gasteiger partial charge in [0.1, 0.15) is 0 Å². The molecule has 1 amide bonds. The monoisotopic (exact) mass is 245 g/mol. The van der Waals surface area contributed by atoms with Crippen molar-refractivity contribution in [3.63, 3.8) is 0 Å². The van der Waals surface area contributed by atoms with Crippen molar-refractivity contribution in [3.05, 3.63) is 29.6 Å². The van der Waals surface area contributed by atoms with E-state index in [4.69, 9.17) is 5.73 Å². The first-order valence-electron chi connectivity index (χ1n) is 5.95. The Labute approximate surface area is 108 Å². The molecule has 1 aromatic heterocycles. The van der Waals surface area contributed by atoms with Gasteiger partial charge in [-0.25, -0.2) is 0 Å². The number of rotatable bonds is 3. The van der Waals surface area contributed by atoms with Crippen LogP contribution in [0.2, 0.25) is 0 Å². The van der Waals surface area contributed by atoms with Crippen LogP contribution in [0.25, 0.3) is 0 Å². The fraction of sp³-hybridized carbons (Fsp3) is 0.429. The third-order valence-electron chi connectivity index (χ3n) is 2.73. The summed E-state index contributed by atoms with van der Waals surface area (Å²) in [6.07, 6.45) is 4.02. The van der Waals surface area contributed by atoms with Gasteiger partial charge in [-0.15, -0.1) is 0 Å². The maximum atomic E-state index is 12.2. The van der Waals surface area contributed by atoms with Crippen LogP contribution in [0.3, 0.4) is 0 Å². The minimum Gasteiger partial charge on any atom is -0.347 e. The second-order valence-electron chi connectivity index (χ2n) is 4.62. The van der Waals surface area contributed by atoms with Gasteiger partial charge in [-0.1, -0.05) is 18.8 Å². The van der Waals surface area contributed by atoms with Gasteiger partial charge in [0, 0.05) is 17.9 Å². The molecule has 3 N–H and O–H groups in total. The zero-order valence-electron chi connectivity index (χ0n) is 11.1. The lowest BCUT2D eigenvalue weighted by atomic mass is 10.0. The van der Waals surface area contributed by atoms with E-state index in [9.17, 15) is 4.79 Å². The number of nitrogens with two attached hydrogens (primary N) is 1. The number of pyridine rings is 1. The molecule has 4 nitrogen and oxygen atoms in total. The van der Waals surface area contributed by atoms with Crippen molar-refractivity contribution in [1.82, 2.24) is 10.3 Å². The van der Waals surface area contributed by atoms with Crippen LogP contribution in [-0.2, 0) is 0 Å². The summed E-state index contributed by atoms with van der Waals surface area (Å²) < 4.78 is 0. The van der Waals surface area contributed by atoms with Gasteiger partial charge in [0.15, 0.2) is 0 Å². The van der Waals surface area contributed by atoms with Crippen LogP contribution in [0.1, 0.15) is 43.1 Å². The van der Waals surface area contributed by atoms with Gasteiger partial charge in [0.25, 0.3) is 5.91 Å². The summed E-state index contributed by atoms with van der Waals surface area (Å²) in [5, 5.41) is 2.97. The van der Waals surface area contributed by atoms with Crippen molar-refractivity contribution in [1.29, 1.82) is 0 Å². The van der Waals surface area contributed by atoms with E-state index in [1.165, 1.54) is 0 Å². The van der Waals surface area contributed by atoms with E-state index in [0.29, 0.717) is 11.1 Å². The van der Waals surface area contributed by atoms with Crippen LogP contribution < -0.4 is 11.1 Å². The lowest BCUT2D eigenvalue weighted by molar-refractivity contribution is 0.0911. The summed E-state index contributed by atoms with van der Waals surface area (Å²) >= 11 is 0. The van der Waals surface area contributed by atoms with Crippen molar-refractivity contribution in [3.8, 4) is 11.8 Å². The van der Waals surface area contributed by atoms with Crippen LogP contribution in [0, 0.1) is 11.8 Å². The van der Waals surface area contributed by atoms with Crippen molar-refractivity contribution >= 4 is 5.91 Å². The first-order valence-corrected chi connectivity index (χ1v) is 5.95. The molecule has 0 aliphatic heterocycles. The Morgan fingerprint density at radius 3 is 2.89 bits per heavy atom. The van der Waals surface area contributed by atoms with E-state index in [0.717, 1.165) is 6.42 Å². The third kappa shape index (κ3) is 3.86. The largest absolute Gasteiger partial charge is 0.347 e. The number of hydrogen-bond acceptors (Lipinski definition) is 3. The van der Waals surface area contributed by atoms with Crippen molar-refractivity contribution in [2.24, 2.45) is 5.73 Å². The molecule has 18 heavy (non-hydrogen) atoms. The first kappa shape index (κ1) is 14.2. The molecule has 0 aromatic carbocycles. The fourth-order valence-electron chi connectivity index (χ4n) is 1.30. The average molecular weight is 245 g/mol. The van der Waals surface area contributed by atoms with Gasteiger partial charge in [0.05, 0.1) is 17.7 Å². The first-order chi connectivity index (χ1) is 8.50. The number of aromatic nitrogens is 1. The number of hydrogen-bond donors (Lipinski definition) is 2. The van der Waals surface area contributed by atoms with E-state index in [1.54, 1.807) is 18.5 Å². The highest BCUT2D eigenvalue weighted by molar-refractivity contribution is 5.96. The Balaban J connectivity index is 2.99. The van der Waals surface area contributed by atoms with Crippen LogP contribution in [0.5, 0.6) is 0 Å². The quantitative estimate of drug-likeness (QED) is 0.789. The highest BCUT2D eigenvalue weighted by Gasteiger charge is 2.20. The summed E-state index contributed by atoms with van der Waals surface area (Å²) in [7, 11) is 0. The molecule has 0 fully saturated rings. The molecular weight excluding hydrogens is 226 g/mol. The third-order valence-corrected chi connectivity index (χ3v) is 2.73. The van der Waals surface area contributed by atoms with Gasteiger partial charge in [-0.3, -0.25) is 9.78 Å². The minimum atomic E-state index is -0.237. The second-order valence-corrected chi connectivity index (χ2v) is 4.62. The van der Waals surface area contributed by atoms with Crippen LogP contribution in [-0.4, -0.2) is 23.0 Å². The number of carbonyl (C=O) groups is 1. The molecule has 0 saturated carbocycles. The Hall–Kier alpha value is -1.86. The summed E-state index contributed by atoms with van der Waals surface area (Å²) in [5.41, 5.74) is 6.23. The highest BCUT2D eigenvalue weighted by Crippen LogP contribution is 2.11. The molecule has 0 spiro atoms. The van der Waals surface area contributed by atoms with Gasteiger partial charge >= 0.3 is 0 Å². The molecule has 1 aromatic rings. The van der Waals surface area contributed by atoms with E-state index in [1.807, 2.05) is 20.8 Å². The molecule has 1 heterocycles. The molecule has 0 aliphatic carbocycles. The maximum Gasteiger partial charge on any atom is 0.253 e. The Morgan fingerprint density at radius 1 is 1.56 bits per heavy atom. The number of amides is 1. The molecule has 96 valence electrons. The van der Waals surface area contributed by atoms with E-state index in [2.05, 4.69) is 22.1 Å². The number of nitrogens with one attached hydrogen (secondary N) is 1. The number of nitrogens with zero attached hydrogens (tertiary/aromatic N) is 1. The molecule has 0 radical (unpaired) electrons. The number of carbonyl (C=O) groups excluding carboxylic acids is 1. The van der Waals surface area contributed by atoms with Gasteiger partial charge < -0.3 is 11.1 Å². The molecule has 0 saturated heterocycles. The van der Waals surface area contributed by atoms with Crippen LogP contribution in [0.4, 0.5) is 0 Å². The summed E-state index contributed by atoms with van der Waals surface area (Å²) in [6, 6.07) is 1.67. The zero-order chi connectivity index (χ0) is 13.6. The normalized spacial score (nSPS) is 10.4. The highest BCUT2D eigenvalue weighted by atomic mass is 16.1. The summed E-state index contributed by atoms with van der Waals surface area (Å²) in [5.74, 6) is 5.46. The SMILES string of the molecule is CCC(C)(C)NC(=O)c1ccncc1C#CCN. The van der Waals surface area contributed by atoms with Crippen molar-refractivity contribution in [2.75, 3.05) is 6.54 Å². The Morgan fingerprint density at radius 2 is 2.28 bits per heavy atom. The Bertz CT molecular complexity index is 483. The molecular formula is C14H19N3O. The predicted octanol–water partition coefficient (Wildman–Crippen LogP) is 1.31. The van der Waals surface area contributed by atoms with Gasteiger partial charge in [0.2, 0.25) is 0 Å². The van der Waals surface area contributed by atoms with Gasteiger partial charge in [-0.2, -0.15) is 0 Å². The summed E-state index contributed by atoms with van der Waals surface area (Å²) in [4.78, 5) is 16.1. The van der Waals surface area contributed by atoms with Crippen LogP contribution >= 0.6 is 0 Å². The molecule has 0 atom stereocenters. The molecule has 0 aliphatic rings. The van der Waals surface area contributed by atoms with Crippen molar-refractivity contribution in [2.45, 2.75) is 32.7 Å². The maximum absolute atomic E-state index is 12.2. The molecule has 4 heteroatoms. The Kier molecular flexibility index (Phi) is 4.87. The molecule has 0 unspecified atom stereocenters. The lowest BCUT2D eigenvalue weighted by Crippen LogP contribution is -2.43. The second kappa shape index (κ2) is 6.18. The predicted molar refractivity (Wildman–Crippen MR) is 72.0 cm³/mol. The zero-order valence-corrected chi connectivity index (χ0v) is 11.1. The molecule has 1 rings (SSSR count).